The van der Waals surface area contributed by atoms with Crippen molar-refractivity contribution in [3.05, 3.63) is 28.8 Å². The molecule has 1 aliphatic rings. The van der Waals surface area contributed by atoms with Gasteiger partial charge in [0.2, 0.25) is 0 Å². The molecule has 0 aromatic heterocycles. The standard InChI is InChI=1S/C13H18O/c1-4-14-13-8-9(2)12(7-10(13)3)11-5-6-11/h7-8,11H,4-6H2,1-3H3. The van der Waals surface area contributed by atoms with Crippen molar-refractivity contribution in [3.8, 4) is 5.75 Å². The summed E-state index contributed by atoms with van der Waals surface area (Å²) in [5.41, 5.74) is 4.20. The van der Waals surface area contributed by atoms with E-state index in [2.05, 4.69) is 26.0 Å². The summed E-state index contributed by atoms with van der Waals surface area (Å²) in [4.78, 5) is 0. The van der Waals surface area contributed by atoms with E-state index in [9.17, 15) is 0 Å². The van der Waals surface area contributed by atoms with Crippen molar-refractivity contribution >= 4 is 0 Å². The summed E-state index contributed by atoms with van der Waals surface area (Å²) in [5, 5.41) is 0. The average Bonchev–Trinajstić information content (AvgIpc) is 2.94. The number of rotatable bonds is 3. The van der Waals surface area contributed by atoms with E-state index < -0.39 is 0 Å². The SMILES string of the molecule is CCOc1cc(C)c(C2CC2)cc1C. The lowest BCUT2D eigenvalue weighted by Gasteiger charge is -2.11. The van der Waals surface area contributed by atoms with Crippen LogP contribution in [0.3, 0.4) is 0 Å². The maximum atomic E-state index is 5.57. The quantitative estimate of drug-likeness (QED) is 0.708. The Balaban J connectivity index is 2.33. The van der Waals surface area contributed by atoms with Crippen molar-refractivity contribution in [1.82, 2.24) is 0 Å². The van der Waals surface area contributed by atoms with Gasteiger partial charge in [-0.15, -0.1) is 0 Å². The van der Waals surface area contributed by atoms with E-state index in [0.717, 1.165) is 18.3 Å². The van der Waals surface area contributed by atoms with Gasteiger partial charge in [0.15, 0.2) is 0 Å². The van der Waals surface area contributed by atoms with Gasteiger partial charge < -0.3 is 4.74 Å². The fraction of sp³-hybridized carbons (Fsp3) is 0.538. The zero-order valence-electron chi connectivity index (χ0n) is 9.26. The summed E-state index contributed by atoms with van der Waals surface area (Å²) in [5.74, 6) is 1.89. The average molecular weight is 190 g/mol. The largest absolute Gasteiger partial charge is 0.494 e. The van der Waals surface area contributed by atoms with E-state index in [0.29, 0.717) is 0 Å². The second-order valence-corrected chi connectivity index (χ2v) is 4.18. The summed E-state index contributed by atoms with van der Waals surface area (Å²) >= 11 is 0. The molecule has 0 radical (unpaired) electrons. The molecule has 0 N–H and O–H groups in total. The maximum Gasteiger partial charge on any atom is 0.122 e. The van der Waals surface area contributed by atoms with Crippen LogP contribution in [0, 0.1) is 13.8 Å². The van der Waals surface area contributed by atoms with Gasteiger partial charge in [-0.3, -0.25) is 0 Å². The van der Waals surface area contributed by atoms with Gasteiger partial charge in [-0.25, -0.2) is 0 Å². The minimum atomic E-state index is 0.753. The molecular weight excluding hydrogens is 172 g/mol. The molecule has 0 aliphatic heterocycles. The summed E-state index contributed by atoms with van der Waals surface area (Å²) in [6.45, 7) is 7.11. The number of hydrogen-bond donors (Lipinski definition) is 0. The topological polar surface area (TPSA) is 9.23 Å². The van der Waals surface area contributed by atoms with E-state index in [1.165, 1.54) is 29.5 Å². The summed E-state index contributed by atoms with van der Waals surface area (Å²) in [6, 6.07) is 4.49. The highest BCUT2D eigenvalue weighted by atomic mass is 16.5. The zero-order valence-corrected chi connectivity index (χ0v) is 9.26. The highest BCUT2D eigenvalue weighted by molar-refractivity contribution is 5.44. The Morgan fingerprint density at radius 2 is 1.93 bits per heavy atom. The minimum absolute atomic E-state index is 0.753. The third kappa shape index (κ3) is 1.77. The number of benzene rings is 1. The normalized spacial score (nSPS) is 15.6. The molecular formula is C13H18O. The van der Waals surface area contributed by atoms with Gasteiger partial charge >= 0.3 is 0 Å². The van der Waals surface area contributed by atoms with Gasteiger partial charge in [-0.05, 0) is 62.3 Å². The monoisotopic (exact) mass is 190 g/mol. The molecule has 1 saturated carbocycles. The van der Waals surface area contributed by atoms with Crippen molar-refractivity contribution in [2.24, 2.45) is 0 Å². The van der Waals surface area contributed by atoms with E-state index in [1.54, 1.807) is 0 Å². The third-order valence-electron chi connectivity index (χ3n) is 2.88. The van der Waals surface area contributed by atoms with Crippen LogP contribution < -0.4 is 4.74 Å². The molecule has 0 unspecified atom stereocenters. The van der Waals surface area contributed by atoms with Crippen LogP contribution in [0.25, 0.3) is 0 Å². The predicted molar refractivity (Wildman–Crippen MR) is 59.1 cm³/mol. The van der Waals surface area contributed by atoms with Crippen LogP contribution in [-0.4, -0.2) is 6.61 Å². The van der Waals surface area contributed by atoms with E-state index in [4.69, 9.17) is 4.74 Å². The first-order valence-corrected chi connectivity index (χ1v) is 5.46. The van der Waals surface area contributed by atoms with Crippen LogP contribution >= 0.6 is 0 Å². The van der Waals surface area contributed by atoms with Crippen LogP contribution in [0.5, 0.6) is 5.75 Å². The lowest BCUT2D eigenvalue weighted by molar-refractivity contribution is 0.337. The first kappa shape index (κ1) is 9.57. The van der Waals surface area contributed by atoms with Gasteiger partial charge in [0, 0.05) is 0 Å². The molecule has 1 aromatic carbocycles. The molecule has 0 heterocycles. The third-order valence-corrected chi connectivity index (χ3v) is 2.88. The molecule has 1 heteroatoms. The molecule has 14 heavy (non-hydrogen) atoms. The smallest absolute Gasteiger partial charge is 0.122 e. The van der Waals surface area contributed by atoms with Crippen LogP contribution in [0.2, 0.25) is 0 Å². The van der Waals surface area contributed by atoms with Gasteiger partial charge in [0.1, 0.15) is 5.75 Å². The van der Waals surface area contributed by atoms with Crippen molar-refractivity contribution in [2.75, 3.05) is 6.61 Å². The van der Waals surface area contributed by atoms with Crippen molar-refractivity contribution < 1.29 is 4.74 Å². The Morgan fingerprint density at radius 3 is 2.50 bits per heavy atom. The predicted octanol–water partition coefficient (Wildman–Crippen LogP) is 3.58. The highest BCUT2D eigenvalue weighted by Crippen LogP contribution is 2.43. The van der Waals surface area contributed by atoms with Gasteiger partial charge in [0.05, 0.1) is 6.61 Å². The fourth-order valence-electron chi connectivity index (χ4n) is 1.96. The van der Waals surface area contributed by atoms with Crippen LogP contribution in [0.4, 0.5) is 0 Å². The highest BCUT2D eigenvalue weighted by Gasteiger charge is 2.25. The van der Waals surface area contributed by atoms with E-state index >= 15 is 0 Å². The van der Waals surface area contributed by atoms with Gasteiger partial charge in [0.25, 0.3) is 0 Å². The molecule has 1 aromatic rings. The summed E-state index contributed by atoms with van der Waals surface area (Å²) < 4.78 is 5.57. The lowest BCUT2D eigenvalue weighted by atomic mass is 10.0. The summed E-state index contributed by atoms with van der Waals surface area (Å²) in [7, 11) is 0. The number of aryl methyl sites for hydroxylation is 2. The molecule has 0 atom stereocenters. The zero-order chi connectivity index (χ0) is 10.1. The Kier molecular flexibility index (Phi) is 2.49. The summed E-state index contributed by atoms with van der Waals surface area (Å²) in [6.07, 6.45) is 2.74. The Hall–Kier alpha value is -0.980. The number of hydrogen-bond acceptors (Lipinski definition) is 1. The van der Waals surface area contributed by atoms with Gasteiger partial charge in [-0.1, -0.05) is 6.07 Å². The molecule has 1 fully saturated rings. The molecule has 0 spiro atoms. The van der Waals surface area contributed by atoms with Gasteiger partial charge in [-0.2, -0.15) is 0 Å². The van der Waals surface area contributed by atoms with Crippen molar-refractivity contribution in [3.63, 3.8) is 0 Å². The molecule has 1 aliphatic carbocycles. The Bertz CT molecular complexity index is 337. The molecule has 0 saturated heterocycles. The lowest BCUT2D eigenvalue weighted by Crippen LogP contribution is -1.96. The molecule has 0 amide bonds. The van der Waals surface area contributed by atoms with E-state index in [1.807, 2.05) is 6.92 Å². The van der Waals surface area contributed by atoms with E-state index in [-0.39, 0.29) is 0 Å². The van der Waals surface area contributed by atoms with Crippen molar-refractivity contribution in [1.29, 1.82) is 0 Å². The Labute approximate surface area is 86.1 Å². The minimum Gasteiger partial charge on any atom is -0.494 e. The van der Waals surface area contributed by atoms with Crippen LogP contribution in [0.1, 0.15) is 42.4 Å². The van der Waals surface area contributed by atoms with Crippen LogP contribution in [-0.2, 0) is 0 Å². The molecule has 2 rings (SSSR count). The molecule has 0 bridgehead atoms. The molecule has 1 nitrogen and oxygen atoms in total. The first-order valence-electron chi connectivity index (χ1n) is 5.46. The number of ether oxygens (including phenoxy) is 1. The Morgan fingerprint density at radius 1 is 1.21 bits per heavy atom. The first-order chi connectivity index (χ1) is 6.72. The van der Waals surface area contributed by atoms with Crippen LogP contribution in [0.15, 0.2) is 12.1 Å². The fourth-order valence-corrected chi connectivity index (χ4v) is 1.96. The second-order valence-electron chi connectivity index (χ2n) is 4.18. The maximum absolute atomic E-state index is 5.57. The molecule has 76 valence electrons. The van der Waals surface area contributed by atoms with Crippen molar-refractivity contribution in [2.45, 2.75) is 39.5 Å². The second kappa shape index (κ2) is 3.64.